The minimum Gasteiger partial charge on any atom is -0.478 e. The lowest BCUT2D eigenvalue weighted by atomic mass is 10.0. The van der Waals surface area contributed by atoms with Crippen LogP contribution in [0.15, 0.2) is 54.7 Å². The number of aliphatic carboxylic acids is 1. The molecule has 5 heteroatoms. The Kier molecular flexibility index (Phi) is 5.04. The quantitative estimate of drug-likeness (QED) is 0.658. The average Bonchev–Trinajstić information content (AvgIpc) is 3.08. The number of carboxylic acid groups (broad SMARTS) is 1. The number of anilines is 1. The molecule has 0 fully saturated rings. The van der Waals surface area contributed by atoms with E-state index >= 15 is 0 Å². The Balaban J connectivity index is 1.93. The number of benzene rings is 2. The fraction of sp³-hybridized carbons (Fsp3) is 0.143. The maximum Gasteiger partial charge on any atom is 0.336 e. The molecule has 130 valence electrons. The van der Waals surface area contributed by atoms with Crippen LogP contribution in [-0.2, 0) is 4.79 Å². The Hall–Kier alpha value is -3.52. The number of aromatic amines is 1. The number of H-pyrrole nitrogens is 1. The fourth-order valence-corrected chi connectivity index (χ4v) is 2.89. The first-order chi connectivity index (χ1) is 12.6. The monoisotopic (exact) mass is 345 g/mol. The molecule has 0 aliphatic rings. The number of para-hydroxylation sites is 1. The van der Waals surface area contributed by atoms with E-state index in [0.29, 0.717) is 18.5 Å². The zero-order valence-electron chi connectivity index (χ0n) is 14.4. The van der Waals surface area contributed by atoms with Crippen LogP contribution in [0, 0.1) is 11.3 Å². The summed E-state index contributed by atoms with van der Waals surface area (Å²) in [6.45, 7) is 0.654. The third kappa shape index (κ3) is 3.60. The Labute approximate surface area is 151 Å². The molecule has 2 aromatic carbocycles. The van der Waals surface area contributed by atoms with E-state index in [4.69, 9.17) is 5.26 Å². The molecule has 3 aromatic rings. The van der Waals surface area contributed by atoms with Crippen molar-refractivity contribution in [3.05, 3.63) is 65.9 Å². The van der Waals surface area contributed by atoms with Crippen molar-refractivity contribution in [3.63, 3.8) is 0 Å². The summed E-state index contributed by atoms with van der Waals surface area (Å²) in [5, 5.41) is 19.2. The maximum absolute atomic E-state index is 11.8. The highest BCUT2D eigenvalue weighted by molar-refractivity contribution is 6.23. The van der Waals surface area contributed by atoms with Crippen LogP contribution in [0.5, 0.6) is 0 Å². The molecule has 5 nitrogen and oxygen atoms in total. The largest absolute Gasteiger partial charge is 0.478 e. The predicted molar refractivity (Wildman–Crippen MR) is 104 cm³/mol. The van der Waals surface area contributed by atoms with Crippen molar-refractivity contribution in [2.75, 3.05) is 18.5 Å². The normalized spacial score (nSPS) is 11.3. The first-order valence-electron chi connectivity index (χ1n) is 8.30. The summed E-state index contributed by atoms with van der Waals surface area (Å²) in [4.78, 5) is 16.9. The molecule has 0 aliphatic carbocycles. The highest BCUT2D eigenvalue weighted by Crippen LogP contribution is 2.27. The Bertz CT molecular complexity index is 994. The topological polar surface area (TPSA) is 80.1 Å². The molecule has 0 radical (unpaired) electrons. The van der Waals surface area contributed by atoms with Gasteiger partial charge in [0.15, 0.2) is 0 Å². The summed E-state index contributed by atoms with van der Waals surface area (Å²) >= 11 is 0. The van der Waals surface area contributed by atoms with Crippen molar-refractivity contribution < 1.29 is 9.90 Å². The van der Waals surface area contributed by atoms with Gasteiger partial charge < -0.3 is 15.0 Å². The van der Waals surface area contributed by atoms with Crippen LogP contribution in [-0.4, -0.2) is 29.7 Å². The van der Waals surface area contributed by atoms with Gasteiger partial charge in [0.1, 0.15) is 0 Å². The maximum atomic E-state index is 11.8. The van der Waals surface area contributed by atoms with Gasteiger partial charge in [0.25, 0.3) is 0 Å². The Morgan fingerprint density at radius 2 is 1.96 bits per heavy atom. The van der Waals surface area contributed by atoms with E-state index in [1.54, 1.807) is 12.3 Å². The van der Waals surface area contributed by atoms with Gasteiger partial charge in [-0.05, 0) is 29.8 Å². The van der Waals surface area contributed by atoms with Crippen molar-refractivity contribution in [2.24, 2.45) is 0 Å². The third-order valence-corrected chi connectivity index (χ3v) is 4.31. The fourth-order valence-electron chi connectivity index (χ4n) is 2.89. The molecule has 0 bridgehead atoms. The van der Waals surface area contributed by atoms with Crippen LogP contribution in [0.2, 0.25) is 0 Å². The predicted octanol–water partition coefficient (Wildman–Crippen LogP) is 4.14. The first kappa shape index (κ1) is 17.3. The standard InChI is InChI=1S/C21H19N3O2/c1-24(12-4-11-22)16-9-7-15(8-10-16)13-18(21(25)26)19-14-23-20-6-3-2-5-17(19)20/h2-3,5-10,13-14,23H,4,12H2,1H3,(H,25,26)/b18-13-. The zero-order valence-corrected chi connectivity index (χ0v) is 14.4. The smallest absolute Gasteiger partial charge is 0.336 e. The van der Waals surface area contributed by atoms with Gasteiger partial charge in [-0.25, -0.2) is 4.79 Å². The summed E-state index contributed by atoms with van der Waals surface area (Å²) in [5.41, 5.74) is 3.62. The lowest BCUT2D eigenvalue weighted by molar-refractivity contribution is -0.130. The van der Waals surface area contributed by atoms with E-state index in [1.165, 1.54) is 0 Å². The molecule has 0 saturated heterocycles. The molecule has 0 atom stereocenters. The highest BCUT2D eigenvalue weighted by Gasteiger charge is 2.15. The number of nitrogens with one attached hydrogen (secondary N) is 1. The van der Waals surface area contributed by atoms with Gasteiger partial charge >= 0.3 is 5.97 Å². The van der Waals surface area contributed by atoms with Crippen LogP contribution in [0.3, 0.4) is 0 Å². The number of nitrogens with zero attached hydrogens (tertiary/aromatic N) is 2. The van der Waals surface area contributed by atoms with E-state index in [9.17, 15) is 9.90 Å². The van der Waals surface area contributed by atoms with Crippen molar-refractivity contribution in [2.45, 2.75) is 6.42 Å². The average molecular weight is 345 g/mol. The van der Waals surface area contributed by atoms with E-state index in [0.717, 1.165) is 22.2 Å². The number of carboxylic acids is 1. The lowest BCUT2D eigenvalue weighted by Gasteiger charge is -2.17. The molecule has 0 aliphatic heterocycles. The SMILES string of the molecule is CN(CCC#N)c1ccc(/C=C(\C(=O)O)c2c[nH]c3ccccc23)cc1. The third-order valence-electron chi connectivity index (χ3n) is 4.31. The van der Waals surface area contributed by atoms with Crippen molar-refractivity contribution in [3.8, 4) is 6.07 Å². The first-order valence-corrected chi connectivity index (χ1v) is 8.30. The second kappa shape index (κ2) is 7.58. The van der Waals surface area contributed by atoms with E-state index in [2.05, 4.69) is 11.1 Å². The number of rotatable bonds is 6. The molecule has 0 unspecified atom stereocenters. The van der Waals surface area contributed by atoms with Crippen LogP contribution in [0.4, 0.5) is 5.69 Å². The van der Waals surface area contributed by atoms with Crippen molar-refractivity contribution in [1.82, 2.24) is 4.98 Å². The number of fused-ring (bicyclic) bond motifs is 1. The lowest BCUT2D eigenvalue weighted by Crippen LogP contribution is -2.17. The number of nitriles is 1. The molecular formula is C21H19N3O2. The molecule has 3 rings (SSSR count). The van der Waals surface area contributed by atoms with E-state index in [-0.39, 0.29) is 5.57 Å². The zero-order chi connectivity index (χ0) is 18.5. The van der Waals surface area contributed by atoms with Gasteiger partial charge in [0.2, 0.25) is 0 Å². The van der Waals surface area contributed by atoms with E-state index in [1.807, 2.05) is 60.5 Å². The number of carbonyl (C=O) groups is 1. The van der Waals surface area contributed by atoms with Crippen LogP contribution >= 0.6 is 0 Å². The van der Waals surface area contributed by atoms with Crippen molar-refractivity contribution >= 4 is 34.2 Å². The van der Waals surface area contributed by atoms with E-state index < -0.39 is 5.97 Å². The number of hydrogen-bond donors (Lipinski definition) is 2. The number of aromatic nitrogens is 1. The number of hydrogen-bond acceptors (Lipinski definition) is 3. The second-order valence-electron chi connectivity index (χ2n) is 6.03. The molecule has 0 saturated carbocycles. The summed E-state index contributed by atoms with van der Waals surface area (Å²) in [6, 6.07) is 17.4. The van der Waals surface area contributed by atoms with Gasteiger partial charge in [-0.1, -0.05) is 30.3 Å². The summed E-state index contributed by atoms with van der Waals surface area (Å²) in [7, 11) is 1.93. The minimum absolute atomic E-state index is 0.244. The van der Waals surface area contributed by atoms with Gasteiger partial charge in [-0.15, -0.1) is 0 Å². The second-order valence-corrected chi connectivity index (χ2v) is 6.03. The molecule has 1 heterocycles. The van der Waals surface area contributed by atoms with Crippen LogP contribution in [0.25, 0.3) is 22.6 Å². The summed E-state index contributed by atoms with van der Waals surface area (Å²) in [5.74, 6) is -0.968. The summed E-state index contributed by atoms with van der Waals surface area (Å²) < 4.78 is 0. The van der Waals surface area contributed by atoms with Gasteiger partial charge in [-0.3, -0.25) is 0 Å². The molecular weight excluding hydrogens is 326 g/mol. The molecule has 0 amide bonds. The molecule has 1 aromatic heterocycles. The Morgan fingerprint density at radius 1 is 1.23 bits per heavy atom. The van der Waals surface area contributed by atoms with Gasteiger partial charge in [-0.2, -0.15) is 5.26 Å². The van der Waals surface area contributed by atoms with Crippen molar-refractivity contribution in [1.29, 1.82) is 5.26 Å². The molecule has 0 spiro atoms. The molecule has 2 N–H and O–H groups in total. The van der Waals surface area contributed by atoms with Crippen LogP contribution < -0.4 is 4.90 Å². The Morgan fingerprint density at radius 3 is 2.65 bits per heavy atom. The molecule has 26 heavy (non-hydrogen) atoms. The highest BCUT2D eigenvalue weighted by atomic mass is 16.4. The van der Waals surface area contributed by atoms with Gasteiger partial charge in [0.05, 0.1) is 18.1 Å². The van der Waals surface area contributed by atoms with Gasteiger partial charge in [0, 0.05) is 41.9 Å². The summed E-state index contributed by atoms with van der Waals surface area (Å²) in [6.07, 6.45) is 3.87. The van der Waals surface area contributed by atoms with Crippen LogP contribution in [0.1, 0.15) is 17.5 Å². The minimum atomic E-state index is -0.968.